The molecule has 0 aliphatic rings. The van der Waals surface area contributed by atoms with E-state index in [0.29, 0.717) is 26.7 Å². The van der Waals surface area contributed by atoms with Gasteiger partial charge in [0.25, 0.3) is 5.56 Å². The molecule has 0 saturated heterocycles. The number of nitrogens with zero attached hydrogens (tertiary/aromatic N) is 2. The van der Waals surface area contributed by atoms with Crippen molar-refractivity contribution in [3.63, 3.8) is 0 Å². The summed E-state index contributed by atoms with van der Waals surface area (Å²) in [6.45, 7) is 0.206. The van der Waals surface area contributed by atoms with Crippen LogP contribution in [-0.4, -0.2) is 9.55 Å². The van der Waals surface area contributed by atoms with E-state index in [2.05, 4.69) is 4.98 Å². The monoisotopic (exact) mass is 422 g/mol. The third-order valence-corrected chi connectivity index (χ3v) is 5.99. The average Bonchev–Trinajstić information content (AvgIpc) is 3.34. The van der Waals surface area contributed by atoms with E-state index in [1.807, 2.05) is 0 Å². The lowest BCUT2D eigenvalue weighted by atomic mass is 10.1. The van der Waals surface area contributed by atoms with E-state index in [1.165, 1.54) is 40.0 Å². The van der Waals surface area contributed by atoms with Gasteiger partial charge in [0, 0.05) is 5.75 Å². The highest BCUT2D eigenvalue weighted by Crippen LogP contribution is 2.31. The molecule has 0 aliphatic carbocycles. The molecule has 0 N–H and O–H groups in total. The molecule has 9 heteroatoms. The lowest BCUT2D eigenvalue weighted by molar-refractivity contribution is -0.137. The number of benzene rings is 1. The molecular formula is C19H13F3N2O2S2. The molecule has 0 saturated carbocycles. The Kier molecular flexibility index (Phi) is 5.03. The molecule has 1 aromatic carbocycles. The van der Waals surface area contributed by atoms with Crippen LogP contribution in [0.5, 0.6) is 0 Å². The number of aromatic nitrogens is 2. The summed E-state index contributed by atoms with van der Waals surface area (Å²) in [4.78, 5) is 17.4. The molecule has 0 radical (unpaired) electrons. The van der Waals surface area contributed by atoms with Gasteiger partial charge < -0.3 is 4.42 Å². The molecule has 0 amide bonds. The summed E-state index contributed by atoms with van der Waals surface area (Å²) in [7, 11) is 0. The quantitative estimate of drug-likeness (QED) is 0.319. The van der Waals surface area contributed by atoms with E-state index >= 15 is 0 Å². The van der Waals surface area contributed by atoms with Crippen molar-refractivity contribution < 1.29 is 17.6 Å². The van der Waals surface area contributed by atoms with Crippen LogP contribution in [0.1, 0.15) is 16.9 Å². The van der Waals surface area contributed by atoms with Crippen LogP contribution >= 0.6 is 23.1 Å². The second-order valence-corrected chi connectivity index (χ2v) is 7.85. The third kappa shape index (κ3) is 3.85. The first-order chi connectivity index (χ1) is 13.4. The van der Waals surface area contributed by atoms with Crippen molar-refractivity contribution in [3.05, 3.63) is 81.3 Å². The number of hydrogen-bond acceptors (Lipinski definition) is 5. The van der Waals surface area contributed by atoms with Gasteiger partial charge in [-0.25, -0.2) is 4.98 Å². The first kappa shape index (κ1) is 18.8. The minimum atomic E-state index is -4.39. The molecule has 28 heavy (non-hydrogen) atoms. The molecule has 0 spiro atoms. The van der Waals surface area contributed by atoms with E-state index < -0.39 is 11.7 Å². The van der Waals surface area contributed by atoms with Crippen molar-refractivity contribution in [1.29, 1.82) is 0 Å². The largest absolute Gasteiger partial charge is 0.467 e. The Hall–Kier alpha value is -2.52. The standard InChI is InChI=1S/C19H13F3N2O2S2/c20-19(21,22)13-4-1-3-12(9-13)11-28-18-23-15-6-8-27-16(15)17(25)24(18)10-14-5-2-7-26-14/h1-9H,10-11H2. The molecular weight excluding hydrogens is 409 g/mol. The van der Waals surface area contributed by atoms with E-state index in [0.717, 1.165) is 12.1 Å². The molecule has 3 heterocycles. The average molecular weight is 422 g/mol. The van der Waals surface area contributed by atoms with Gasteiger partial charge >= 0.3 is 6.18 Å². The zero-order valence-electron chi connectivity index (χ0n) is 14.3. The van der Waals surface area contributed by atoms with Gasteiger partial charge in [-0.05, 0) is 35.2 Å². The highest BCUT2D eigenvalue weighted by atomic mass is 32.2. The summed E-state index contributed by atoms with van der Waals surface area (Å²) in [6.07, 6.45) is -2.87. The number of hydrogen-bond donors (Lipinski definition) is 0. The SMILES string of the molecule is O=c1c2sccc2nc(SCc2cccc(C(F)(F)F)c2)n1Cc1ccco1. The Labute approximate surface area is 165 Å². The molecule has 0 atom stereocenters. The highest BCUT2D eigenvalue weighted by Gasteiger charge is 2.30. The Balaban J connectivity index is 1.67. The summed E-state index contributed by atoms with van der Waals surface area (Å²) >= 11 is 2.53. The van der Waals surface area contributed by atoms with Gasteiger partial charge in [-0.2, -0.15) is 13.2 Å². The van der Waals surface area contributed by atoms with Crippen LogP contribution in [0.3, 0.4) is 0 Å². The first-order valence-electron chi connectivity index (χ1n) is 8.21. The predicted octanol–water partition coefficient (Wildman–Crippen LogP) is 5.41. The Morgan fingerprint density at radius 2 is 2.04 bits per heavy atom. The molecule has 4 aromatic rings. The van der Waals surface area contributed by atoms with Crippen molar-refractivity contribution in [2.45, 2.75) is 23.6 Å². The predicted molar refractivity (Wildman–Crippen MR) is 103 cm³/mol. The van der Waals surface area contributed by atoms with Crippen LogP contribution < -0.4 is 5.56 Å². The van der Waals surface area contributed by atoms with Crippen molar-refractivity contribution in [3.8, 4) is 0 Å². The van der Waals surface area contributed by atoms with Gasteiger partial charge in [-0.3, -0.25) is 9.36 Å². The number of alkyl halides is 3. The maximum absolute atomic E-state index is 12.9. The summed E-state index contributed by atoms with van der Waals surface area (Å²) in [6, 6.07) is 10.4. The molecule has 3 aromatic heterocycles. The maximum Gasteiger partial charge on any atom is 0.416 e. The van der Waals surface area contributed by atoms with Gasteiger partial charge in [0.1, 0.15) is 10.5 Å². The van der Waals surface area contributed by atoms with Crippen LogP contribution in [0, 0.1) is 0 Å². The summed E-state index contributed by atoms with van der Waals surface area (Å²) in [5.41, 5.74) is 0.198. The Morgan fingerprint density at radius 1 is 1.18 bits per heavy atom. The molecule has 0 aliphatic heterocycles. The molecule has 144 valence electrons. The lowest BCUT2D eigenvalue weighted by Crippen LogP contribution is -2.23. The topological polar surface area (TPSA) is 48.0 Å². The Bertz CT molecular complexity index is 1160. The van der Waals surface area contributed by atoms with Gasteiger partial charge in [0.05, 0.1) is 23.9 Å². The fourth-order valence-corrected chi connectivity index (χ4v) is 4.44. The van der Waals surface area contributed by atoms with Crippen LogP contribution in [0.15, 0.2) is 68.5 Å². The minimum Gasteiger partial charge on any atom is -0.467 e. The molecule has 0 bridgehead atoms. The summed E-state index contributed by atoms with van der Waals surface area (Å²) in [5, 5.41) is 2.22. The van der Waals surface area contributed by atoms with Gasteiger partial charge in [0.2, 0.25) is 0 Å². The van der Waals surface area contributed by atoms with Crippen molar-refractivity contribution in [2.24, 2.45) is 0 Å². The second kappa shape index (κ2) is 7.48. The number of halogens is 3. The van der Waals surface area contributed by atoms with Gasteiger partial charge in [-0.15, -0.1) is 11.3 Å². The van der Waals surface area contributed by atoms with Crippen LogP contribution in [0.4, 0.5) is 13.2 Å². The normalized spacial score (nSPS) is 12.0. The van der Waals surface area contributed by atoms with Gasteiger partial charge in [-0.1, -0.05) is 30.0 Å². The molecule has 4 rings (SSSR count). The lowest BCUT2D eigenvalue weighted by Gasteiger charge is -2.12. The zero-order chi connectivity index (χ0) is 19.7. The van der Waals surface area contributed by atoms with Crippen LogP contribution in [0.25, 0.3) is 10.2 Å². The molecule has 0 fully saturated rings. The fourth-order valence-electron chi connectivity index (χ4n) is 2.72. The number of furan rings is 1. The number of thioether (sulfide) groups is 1. The number of thiophene rings is 1. The van der Waals surface area contributed by atoms with E-state index in [9.17, 15) is 18.0 Å². The fraction of sp³-hybridized carbons (Fsp3) is 0.158. The zero-order valence-corrected chi connectivity index (χ0v) is 15.9. The number of fused-ring (bicyclic) bond motifs is 1. The summed E-state index contributed by atoms with van der Waals surface area (Å²) < 4.78 is 46.1. The van der Waals surface area contributed by atoms with Crippen molar-refractivity contribution in [2.75, 3.05) is 0 Å². The molecule has 4 nitrogen and oxygen atoms in total. The minimum absolute atomic E-state index is 0.192. The van der Waals surface area contributed by atoms with Crippen LogP contribution in [-0.2, 0) is 18.5 Å². The van der Waals surface area contributed by atoms with Crippen LogP contribution in [0.2, 0.25) is 0 Å². The second-order valence-electron chi connectivity index (χ2n) is 5.99. The van der Waals surface area contributed by atoms with E-state index in [4.69, 9.17) is 4.42 Å². The third-order valence-electron chi connectivity index (χ3n) is 4.05. The van der Waals surface area contributed by atoms with Gasteiger partial charge in [0.15, 0.2) is 5.16 Å². The van der Waals surface area contributed by atoms with E-state index in [1.54, 1.807) is 29.6 Å². The maximum atomic E-state index is 12.9. The molecule has 0 unspecified atom stereocenters. The van der Waals surface area contributed by atoms with E-state index in [-0.39, 0.29) is 17.9 Å². The van der Waals surface area contributed by atoms with Crippen molar-refractivity contribution >= 4 is 33.3 Å². The smallest absolute Gasteiger partial charge is 0.416 e. The Morgan fingerprint density at radius 3 is 2.79 bits per heavy atom. The van der Waals surface area contributed by atoms with Crippen molar-refractivity contribution in [1.82, 2.24) is 9.55 Å². The number of rotatable bonds is 5. The summed E-state index contributed by atoms with van der Waals surface area (Å²) in [5.74, 6) is 0.852. The first-order valence-corrected chi connectivity index (χ1v) is 10.1. The highest BCUT2D eigenvalue weighted by molar-refractivity contribution is 7.98.